The highest BCUT2D eigenvalue weighted by atomic mass is 32.2. The van der Waals surface area contributed by atoms with Crippen molar-refractivity contribution in [2.24, 2.45) is 0 Å². The Hall–Kier alpha value is -1.51. The number of sulfonamides is 1. The van der Waals surface area contributed by atoms with Gasteiger partial charge >= 0.3 is 0 Å². The van der Waals surface area contributed by atoms with Crippen LogP contribution in [0, 0.1) is 5.82 Å². The summed E-state index contributed by atoms with van der Waals surface area (Å²) in [6, 6.07) is 5.04. The van der Waals surface area contributed by atoms with Crippen molar-refractivity contribution in [3.63, 3.8) is 0 Å². The van der Waals surface area contributed by atoms with E-state index >= 15 is 0 Å². The van der Waals surface area contributed by atoms with E-state index in [-0.39, 0.29) is 29.8 Å². The van der Waals surface area contributed by atoms with E-state index in [9.17, 15) is 17.6 Å². The Morgan fingerprint density at radius 1 is 1.35 bits per heavy atom. The van der Waals surface area contributed by atoms with Gasteiger partial charge in [-0.15, -0.1) is 0 Å². The van der Waals surface area contributed by atoms with Gasteiger partial charge < -0.3 is 10.6 Å². The highest BCUT2D eigenvalue weighted by Crippen LogP contribution is 2.10. The Kier molecular flexibility index (Phi) is 6.09. The van der Waals surface area contributed by atoms with Gasteiger partial charge in [0.25, 0.3) is 0 Å². The van der Waals surface area contributed by atoms with E-state index in [0.717, 1.165) is 31.5 Å². The van der Waals surface area contributed by atoms with Crippen molar-refractivity contribution >= 4 is 15.9 Å². The van der Waals surface area contributed by atoms with Crippen LogP contribution in [0.25, 0.3) is 0 Å². The largest absolute Gasteiger partial charge is 0.353 e. The molecular formula is C15H22FN3O3S. The molecule has 128 valence electrons. The summed E-state index contributed by atoms with van der Waals surface area (Å²) in [5, 5.41) is 6.22. The van der Waals surface area contributed by atoms with Gasteiger partial charge in [0.2, 0.25) is 15.9 Å². The van der Waals surface area contributed by atoms with Gasteiger partial charge in [-0.05, 0) is 50.6 Å². The van der Waals surface area contributed by atoms with Crippen LogP contribution >= 0.6 is 0 Å². The predicted molar refractivity (Wildman–Crippen MR) is 84.8 cm³/mol. The lowest BCUT2D eigenvalue weighted by atomic mass is 10.0. The molecule has 1 aliphatic rings. The van der Waals surface area contributed by atoms with Crippen molar-refractivity contribution < 1.29 is 17.6 Å². The second-order valence-corrected chi connectivity index (χ2v) is 7.51. The minimum Gasteiger partial charge on any atom is -0.353 e. The van der Waals surface area contributed by atoms with E-state index in [1.165, 1.54) is 12.1 Å². The second kappa shape index (κ2) is 7.85. The van der Waals surface area contributed by atoms with E-state index in [1.807, 2.05) is 0 Å². The minimum atomic E-state index is -3.72. The molecule has 1 aliphatic heterocycles. The highest BCUT2D eigenvalue weighted by Gasteiger charge is 2.20. The van der Waals surface area contributed by atoms with Gasteiger partial charge in [-0.1, -0.05) is 0 Å². The molecule has 1 aromatic rings. The maximum atomic E-state index is 12.8. The summed E-state index contributed by atoms with van der Waals surface area (Å²) < 4.78 is 39.1. The van der Waals surface area contributed by atoms with Gasteiger partial charge in [-0.2, -0.15) is 0 Å². The smallest absolute Gasteiger partial charge is 0.240 e. The quantitative estimate of drug-likeness (QED) is 0.711. The summed E-state index contributed by atoms with van der Waals surface area (Å²) >= 11 is 0. The topological polar surface area (TPSA) is 87.3 Å². The number of benzene rings is 1. The third-order valence-corrected chi connectivity index (χ3v) is 5.23. The van der Waals surface area contributed by atoms with Crippen LogP contribution in [-0.4, -0.2) is 39.5 Å². The molecule has 0 bridgehead atoms. The van der Waals surface area contributed by atoms with Crippen LogP contribution in [0.4, 0.5) is 4.39 Å². The predicted octanol–water partition coefficient (Wildman–Crippen LogP) is 0.751. The molecule has 8 heteroatoms. The molecule has 2 atom stereocenters. The standard InChI is InChI=1S/C15H22FN3O3S/c1-11-10-13(6-8-17-11)19-15(20)7-9-18-23(21,22)14-4-2-12(16)3-5-14/h2-5,11,13,17-18H,6-10H2,1H3,(H,19,20). The molecular weight excluding hydrogens is 321 g/mol. The normalized spacial score (nSPS) is 21.8. The Balaban J connectivity index is 1.77. The molecule has 0 radical (unpaired) electrons. The van der Waals surface area contributed by atoms with Gasteiger partial charge in [0.05, 0.1) is 4.90 Å². The van der Waals surface area contributed by atoms with Crippen LogP contribution in [0.3, 0.4) is 0 Å². The maximum Gasteiger partial charge on any atom is 0.240 e. The first-order chi connectivity index (χ1) is 10.9. The third kappa shape index (κ3) is 5.56. The number of carbonyl (C=O) groups is 1. The van der Waals surface area contributed by atoms with Gasteiger partial charge in [0, 0.05) is 25.0 Å². The molecule has 0 spiro atoms. The summed E-state index contributed by atoms with van der Waals surface area (Å²) in [7, 11) is -3.72. The minimum absolute atomic E-state index is 0.00602. The van der Waals surface area contributed by atoms with Gasteiger partial charge in [0.1, 0.15) is 5.82 Å². The fourth-order valence-corrected chi connectivity index (χ4v) is 3.59. The summed E-state index contributed by atoms with van der Waals surface area (Å²) in [5.41, 5.74) is 0. The fraction of sp³-hybridized carbons (Fsp3) is 0.533. The molecule has 2 unspecified atom stereocenters. The molecule has 1 heterocycles. The fourth-order valence-electron chi connectivity index (χ4n) is 2.56. The van der Waals surface area contributed by atoms with E-state index in [0.29, 0.717) is 6.04 Å². The number of hydrogen-bond acceptors (Lipinski definition) is 4. The highest BCUT2D eigenvalue weighted by molar-refractivity contribution is 7.89. The van der Waals surface area contributed by atoms with E-state index in [4.69, 9.17) is 0 Å². The van der Waals surface area contributed by atoms with Crippen LogP contribution in [0.15, 0.2) is 29.2 Å². The first kappa shape index (κ1) is 17.8. The lowest BCUT2D eigenvalue weighted by Gasteiger charge is -2.28. The Morgan fingerprint density at radius 2 is 2.04 bits per heavy atom. The first-order valence-corrected chi connectivity index (χ1v) is 9.13. The van der Waals surface area contributed by atoms with Crippen molar-refractivity contribution in [2.45, 2.75) is 43.2 Å². The molecule has 3 N–H and O–H groups in total. The Labute approximate surface area is 135 Å². The molecule has 0 aliphatic carbocycles. The molecule has 0 aromatic heterocycles. The Morgan fingerprint density at radius 3 is 2.70 bits per heavy atom. The van der Waals surface area contributed by atoms with Gasteiger partial charge in [-0.25, -0.2) is 17.5 Å². The van der Waals surface area contributed by atoms with Crippen molar-refractivity contribution in [1.29, 1.82) is 0 Å². The monoisotopic (exact) mass is 343 g/mol. The zero-order chi connectivity index (χ0) is 16.9. The molecule has 1 fully saturated rings. The van der Waals surface area contributed by atoms with Crippen molar-refractivity contribution in [1.82, 2.24) is 15.4 Å². The second-order valence-electron chi connectivity index (χ2n) is 5.75. The number of hydrogen-bond donors (Lipinski definition) is 3. The molecule has 23 heavy (non-hydrogen) atoms. The van der Waals surface area contributed by atoms with Crippen molar-refractivity contribution in [3.8, 4) is 0 Å². The summed E-state index contributed by atoms with van der Waals surface area (Å²) in [5.74, 6) is -0.676. The number of carbonyl (C=O) groups excluding carboxylic acids is 1. The lowest BCUT2D eigenvalue weighted by molar-refractivity contribution is -0.121. The molecule has 1 amide bonds. The maximum absolute atomic E-state index is 12.8. The summed E-state index contributed by atoms with van der Waals surface area (Å²) in [4.78, 5) is 11.8. The average Bonchev–Trinajstić information content (AvgIpc) is 2.47. The van der Waals surface area contributed by atoms with Crippen LogP contribution in [0.1, 0.15) is 26.2 Å². The third-order valence-electron chi connectivity index (χ3n) is 3.76. The number of piperidine rings is 1. The zero-order valence-corrected chi connectivity index (χ0v) is 13.8. The van der Waals surface area contributed by atoms with E-state index in [2.05, 4.69) is 22.3 Å². The average molecular weight is 343 g/mol. The molecule has 1 aromatic carbocycles. The molecule has 2 rings (SSSR count). The van der Waals surface area contributed by atoms with Crippen LogP contribution in [0.2, 0.25) is 0 Å². The van der Waals surface area contributed by atoms with Crippen LogP contribution < -0.4 is 15.4 Å². The first-order valence-electron chi connectivity index (χ1n) is 7.65. The van der Waals surface area contributed by atoms with E-state index in [1.54, 1.807) is 0 Å². The van der Waals surface area contributed by atoms with Gasteiger partial charge in [0.15, 0.2) is 0 Å². The summed E-state index contributed by atoms with van der Waals surface area (Å²) in [6.07, 6.45) is 1.81. The number of amides is 1. The Bertz CT molecular complexity index is 634. The SMILES string of the molecule is CC1CC(NC(=O)CCNS(=O)(=O)c2ccc(F)cc2)CCN1. The van der Waals surface area contributed by atoms with Gasteiger partial charge in [-0.3, -0.25) is 4.79 Å². The van der Waals surface area contributed by atoms with Crippen LogP contribution in [-0.2, 0) is 14.8 Å². The molecule has 6 nitrogen and oxygen atoms in total. The molecule has 0 saturated carbocycles. The van der Waals surface area contributed by atoms with Crippen molar-refractivity contribution in [3.05, 3.63) is 30.1 Å². The number of nitrogens with one attached hydrogen (secondary N) is 3. The molecule has 1 saturated heterocycles. The zero-order valence-electron chi connectivity index (χ0n) is 13.0. The van der Waals surface area contributed by atoms with Crippen molar-refractivity contribution in [2.75, 3.05) is 13.1 Å². The van der Waals surface area contributed by atoms with Crippen LogP contribution in [0.5, 0.6) is 0 Å². The lowest BCUT2D eigenvalue weighted by Crippen LogP contribution is -2.47. The number of rotatable bonds is 6. The number of halogens is 1. The summed E-state index contributed by atoms with van der Waals surface area (Å²) in [6.45, 7) is 2.94. The van der Waals surface area contributed by atoms with E-state index < -0.39 is 15.8 Å².